The number of hydrogen-bond donors (Lipinski definition) is 0. The topological polar surface area (TPSA) is 0 Å². The van der Waals surface area contributed by atoms with E-state index in [2.05, 4.69) is 83.8 Å². The lowest BCUT2D eigenvalue weighted by Gasteiger charge is -2.24. The predicted molar refractivity (Wildman–Crippen MR) is 79.6 cm³/mol. The molecule has 0 aromatic heterocycles. The van der Waals surface area contributed by atoms with E-state index in [4.69, 9.17) is 0 Å². The lowest BCUT2D eigenvalue weighted by molar-refractivity contribution is 0.668. The molecule has 2 heteroatoms. The monoisotopic (exact) mass is 346 g/mol. The first kappa shape index (κ1) is 14.2. The van der Waals surface area contributed by atoms with E-state index in [0.29, 0.717) is 0 Å². The van der Waals surface area contributed by atoms with Crippen molar-refractivity contribution >= 4 is 31.9 Å². The van der Waals surface area contributed by atoms with Crippen LogP contribution in [0.25, 0.3) is 0 Å². The Morgan fingerprint density at radius 2 is 1.06 bits per heavy atom. The third-order valence-electron chi connectivity index (χ3n) is 3.42. The summed E-state index contributed by atoms with van der Waals surface area (Å²) in [6, 6.07) is 8.90. The average Bonchev–Trinajstić information content (AvgIpc) is 2.29. The van der Waals surface area contributed by atoms with Gasteiger partial charge in [0.1, 0.15) is 0 Å². The maximum Gasteiger partial charge on any atom is 0.0475 e. The first-order valence-corrected chi connectivity index (χ1v) is 7.41. The molecule has 0 spiro atoms. The molecular weight excluding hydrogens is 328 g/mol. The van der Waals surface area contributed by atoms with E-state index in [1.807, 2.05) is 0 Å². The molecule has 0 bridgehead atoms. The standard InChI is InChI=1S/C14H20Br2/c1-5-13(3,15)11-7-9-12(10-8-11)14(4,16)6-2/h7-10H,5-6H2,1-4H3. The van der Waals surface area contributed by atoms with Gasteiger partial charge in [0, 0.05) is 8.65 Å². The SMILES string of the molecule is CCC(C)(Br)c1ccc(C(C)(Br)CC)cc1. The van der Waals surface area contributed by atoms with E-state index in [9.17, 15) is 0 Å². The van der Waals surface area contributed by atoms with Crippen molar-refractivity contribution in [2.75, 3.05) is 0 Å². The zero-order chi connectivity index (χ0) is 12.4. The number of halogens is 2. The van der Waals surface area contributed by atoms with E-state index in [0.717, 1.165) is 12.8 Å². The molecule has 0 amide bonds. The summed E-state index contributed by atoms with van der Waals surface area (Å²) in [7, 11) is 0. The van der Waals surface area contributed by atoms with Crippen LogP contribution in [0.1, 0.15) is 51.7 Å². The Morgan fingerprint density at radius 1 is 0.812 bits per heavy atom. The highest BCUT2D eigenvalue weighted by Crippen LogP contribution is 2.38. The highest BCUT2D eigenvalue weighted by atomic mass is 79.9. The van der Waals surface area contributed by atoms with Crippen molar-refractivity contribution in [3.05, 3.63) is 35.4 Å². The van der Waals surface area contributed by atoms with Gasteiger partial charge in [0.15, 0.2) is 0 Å². The minimum atomic E-state index is 0.0977. The minimum Gasteiger partial charge on any atom is -0.0804 e. The van der Waals surface area contributed by atoms with Crippen LogP contribution in [0.3, 0.4) is 0 Å². The molecular formula is C14H20Br2. The van der Waals surface area contributed by atoms with Crippen LogP contribution in [0.4, 0.5) is 0 Å². The molecule has 1 aromatic rings. The molecule has 2 unspecified atom stereocenters. The highest BCUT2D eigenvalue weighted by molar-refractivity contribution is 9.09. The number of hydrogen-bond acceptors (Lipinski definition) is 0. The number of rotatable bonds is 4. The van der Waals surface area contributed by atoms with Crippen LogP contribution < -0.4 is 0 Å². The van der Waals surface area contributed by atoms with E-state index in [1.54, 1.807) is 0 Å². The molecule has 0 aliphatic rings. The average molecular weight is 348 g/mol. The number of benzene rings is 1. The minimum absolute atomic E-state index is 0.0977. The van der Waals surface area contributed by atoms with Crippen LogP contribution >= 0.6 is 31.9 Å². The summed E-state index contributed by atoms with van der Waals surface area (Å²) in [4.78, 5) is 0. The van der Waals surface area contributed by atoms with Gasteiger partial charge >= 0.3 is 0 Å². The molecule has 0 nitrogen and oxygen atoms in total. The summed E-state index contributed by atoms with van der Waals surface area (Å²) in [5, 5.41) is 0. The van der Waals surface area contributed by atoms with Crippen molar-refractivity contribution in [1.82, 2.24) is 0 Å². The summed E-state index contributed by atoms with van der Waals surface area (Å²) in [5.74, 6) is 0. The molecule has 0 radical (unpaired) electrons. The van der Waals surface area contributed by atoms with E-state index in [-0.39, 0.29) is 8.65 Å². The fourth-order valence-electron chi connectivity index (χ4n) is 1.57. The third kappa shape index (κ3) is 3.10. The van der Waals surface area contributed by atoms with Gasteiger partial charge in [-0.2, -0.15) is 0 Å². The van der Waals surface area contributed by atoms with Crippen molar-refractivity contribution in [3.63, 3.8) is 0 Å². The molecule has 16 heavy (non-hydrogen) atoms. The Hall–Kier alpha value is 0.180. The fraction of sp³-hybridized carbons (Fsp3) is 0.571. The second-order valence-electron chi connectivity index (χ2n) is 4.68. The third-order valence-corrected chi connectivity index (χ3v) is 5.45. The Balaban J connectivity index is 3.00. The summed E-state index contributed by atoms with van der Waals surface area (Å²) in [6.45, 7) is 8.83. The van der Waals surface area contributed by atoms with Crippen molar-refractivity contribution < 1.29 is 0 Å². The van der Waals surface area contributed by atoms with E-state index >= 15 is 0 Å². The molecule has 0 heterocycles. The first-order valence-electron chi connectivity index (χ1n) is 5.82. The summed E-state index contributed by atoms with van der Waals surface area (Å²) in [6.07, 6.45) is 2.18. The largest absolute Gasteiger partial charge is 0.0804 e. The molecule has 0 fully saturated rings. The number of alkyl halides is 2. The lowest BCUT2D eigenvalue weighted by atomic mass is 9.93. The van der Waals surface area contributed by atoms with Crippen molar-refractivity contribution in [3.8, 4) is 0 Å². The summed E-state index contributed by atoms with van der Waals surface area (Å²) < 4.78 is 0.195. The van der Waals surface area contributed by atoms with Gasteiger partial charge in [0.2, 0.25) is 0 Å². The van der Waals surface area contributed by atoms with Crippen LogP contribution in [-0.2, 0) is 8.65 Å². The Bertz CT molecular complexity index is 301. The Kier molecular flexibility index (Phi) is 4.65. The maximum absolute atomic E-state index is 3.77. The highest BCUT2D eigenvalue weighted by Gasteiger charge is 2.23. The van der Waals surface area contributed by atoms with Crippen LogP contribution in [0.15, 0.2) is 24.3 Å². The fourth-order valence-corrected chi connectivity index (χ4v) is 2.10. The Morgan fingerprint density at radius 3 is 1.25 bits per heavy atom. The molecule has 0 saturated carbocycles. The predicted octanol–water partition coefficient (Wildman–Crippen LogP) is 5.73. The van der Waals surface area contributed by atoms with Gasteiger partial charge in [0.05, 0.1) is 0 Å². The van der Waals surface area contributed by atoms with Gasteiger partial charge in [-0.1, -0.05) is 70.0 Å². The van der Waals surface area contributed by atoms with Crippen LogP contribution in [0, 0.1) is 0 Å². The molecule has 0 saturated heterocycles. The first-order chi connectivity index (χ1) is 7.33. The van der Waals surface area contributed by atoms with Crippen molar-refractivity contribution in [2.45, 2.75) is 49.2 Å². The smallest absolute Gasteiger partial charge is 0.0475 e. The van der Waals surface area contributed by atoms with Gasteiger partial charge in [0.25, 0.3) is 0 Å². The normalized spacial score (nSPS) is 18.9. The van der Waals surface area contributed by atoms with Gasteiger partial charge in [-0.15, -0.1) is 0 Å². The molecule has 90 valence electrons. The summed E-state index contributed by atoms with van der Waals surface area (Å²) in [5.41, 5.74) is 2.69. The lowest BCUT2D eigenvalue weighted by Crippen LogP contribution is -2.14. The van der Waals surface area contributed by atoms with Gasteiger partial charge in [-0.25, -0.2) is 0 Å². The van der Waals surface area contributed by atoms with Crippen LogP contribution in [0.2, 0.25) is 0 Å². The zero-order valence-corrected chi connectivity index (χ0v) is 13.7. The molecule has 1 aromatic carbocycles. The molecule has 1 rings (SSSR count). The van der Waals surface area contributed by atoms with E-state index < -0.39 is 0 Å². The second kappa shape index (κ2) is 5.22. The molecule has 0 aliphatic carbocycles. The zero-order valence-electron chi connectivity index (χ0n) is 10.5. The molecule has 2 atom stereocenters. The van der Waals surface area contributed by atoms with Gasteiger partial charge < -0.3 is 0 Å². The molecule has 0 N–H and O–H groups in total. The van der Waals surface area contributed by atoms with Crippen molar-refractivity contribution in [2.24, 2.45) is 0 Å². The second-order valence-corrected chi connectivity index (χ2v) is 8.18. The van der Waals surface area contributed by atoms with E-state index in [1.165, 1.54) is 11.1 Å². The molecule has 0 aliphatic heterocycles. The van der Waals surface area contributed by atoms with Crippen LogP contribution in [-0.4, -0.2) is 0 Å². The quantitative estimate of drug-likeness (QED) is 0.610. The van der Waals surface area contributed by atoms with Crippen molar-refractivity contribution in [1.29, 1.82) is 0 Å². The van der Waals surface area contributed by atoms with Gasteiger partial charge in [-0.3, -0.25) is 0 Å². The van der Waals surface area contributed by atoms with Crippen LogP contribution in [0.5, 0.6) is 0 Å². The maximum atomic E-state index is 3.77. The summed E-state index contributed by atoms with van der Waals surface area (Å²) >= 11 is 7.54. The Labute approximate surface area is 116 Å². The van der Waals surface area contributed by atoms with Gasteiger partial charge in [-0.05, 0) is 37.8 Å².